The van der Waals surface area contributed by atoms with Crippen LogP contribution >= 0.6 is 27.5 Å². The lowest BCUT2D eigenvalue weighted by molar-refractivity contribution is 0.0105. The molecule has 5 heteroatoms. The lowest BCUT2D eigenvalue weighted by Gasteiger charge is -2.27. The Labute approximate surface area is 109 Å². The van der Waals surface area contributed by atoms with E-state index in [0.717, 1.165) is 42.3 Å². The Kier molecular flexibility index (Phi) is 4.61. The SMILES string of the molecule is Clc1ccc(Br)c(CNN2CCOCC2)c1. The van der Waals surface area contributed by atoms with Crippen molar-refractivity contribution < 1.29 is 4.74 Å². The first-order chi connectivity index (χ1) is 7.75. The van der Waals surface area contributed by atoms with Crippen LogP contribution in [0.1, 0.15) is 5.56 Å². The van der Waals surface area contributed by atoms with E-state index < -0.39 is 0 Å². The molecule has 3 nitrogen and oxygen atoms in total. The maximum Gasteiger partial charge on any atom is 0.0608 e. The van der Waals surface area contributed by atoms with Crippen LogP contribution in [0.15, 0.2) is 22.7 Å². The molecule has 0 atom stereocenters. The van der Waals surface area contributed by atoms with E-state index in [-0.39, 0.29) is 0 Å². The summed E-state index contributed by atoms with van der Waals surface area (Å²) >= 11 is 9.47. The molecule has 1 aliphatic heterocycles. The van der Waals surface area contributed by atoms with Crippen molar-refractivity contribution in [2.24, 2.45) is 0 Å². The highest BCUT2D eigenvalue weighted by Gasteiger charge is 2.10. The van der Waals surface area contributed by atoms with Gasteiger partial charge in [-0.25, -0.2) is 5.01 Å². The molecule has 0 unspecified atom stereocenters. The first kappa shape index (κ1) is 12.3. The third kappa shape index (κ3) is 3.43. The lowest BCUT2D eigenvalue weighted by atomic mass is 10.2. The quantitative estimate of drug-likeness (QED) is 0.928. The third-order valence-electron chi connectivity index (χ3n) is 2.51. The average Bonchev–Trinajstić information content (AvgIpc) is 2.32. The molecule has 0 aromatic heterocycles. The van der Waals surface area contributed by atoms with Crippen LogP contribution in [0.3, 0.4) is 0 Å². The summed E-state index contributed by atoms with van der Waals surface area (Å²) in [4.78, 5) is 0. The molecule has 0 radical (unpaired) electrons. The summed E-state index contributed by atoms with van der Waals surface area (Å²) in [7, 11) is 0. The van der Waals surface area contributed by atoms with E-state index in [4.69, 9.17) is 16.3 Å². The Bertz CT molecular complexity index is 356. The van der Waals surface area contributed by atoms with Gasteiger partial charge in [0, 0.05) is 29.1 Å². The van der Waals surface area contributed by atoms with E-state index in [1.807, 2.05) is 18.2 Å². The van der Waals surface area contributed by atoms with Gasteiger partial charge >= 0.3 is 0 Å². The van der Waals surface area contributed by atoms with Crippen LogP contribution in [0.2, 0.25) is 5.02 Å². The van der Waals surface area contributed by atoms with E-state index in [1.54, 1.807) is 0 Å². The number of nitrogens with one attached hydrogen (secondary N) is 1. The van der Waals surface area contributed by atoms with Crippen molar-refractivity contribution in [2.75, 3.05) is 26.3 Å². The molecule has 0 amide bonds. The number of nitrogens with zero attached hydrogens (tertiary/aromatic N) is 1. The zero-order chi connectivity index (χ0) is 11.4. The first-order valence-electron chi connectivity index (χ1n) is 5.26. The van der Waals surface area contributed by atoms with Gasteiger partial charge in [0.2, 0.25) is 0 Å². The Morgan fingerprint density at radius 1 is 1.38 bits per heavy atom. The Balaban J connectivity index is 1.90. The number of halogens is 2. The average molecular weight is 306 g/mol. The second kappa shape index (κ2) is 5.98. The molecule has 1 fully saturated rings. The summed E-state index contributed by atoms with van der Waals surface area (Å²) in [6.07, 6.45) is 0. The van der Waals surface area contributed by atoms with Crippen molar-refractivity contribution in [3.63, 3.8) is 0 Å². The number of benzene rings is 1. The second-order valence-electron chi connectivity index (χ2n) is 3.67. The van der Waals surface area contributed by atoms with Crippen molar-refractivity contribution in [1.29, 1.82) is 0 Å². The predicted octanol–water partition coefficient (Wildman–Crippen LogP) is 2.44. The summed E-state index contributed by atoms with van der Waals surface area (Å²) in [5, 5.41) is 2.94. The summed E-state index contributed by atoms with van der Waals surface area (Å²) in [6, 6.07) is 5.82. The van der Waals surface area contributed by atoms with Crippen LogP contribution in [0, 0.1) is 0 Å². The summed E-state index contributed by atoms with van der Waals surface area (Å²) in [5.41, 5.74) is 4.54. The van der Waals surface area contributed by atoms with Crippen LogP contribution in [0.4, 0.5) is 0 Å². The van der Waals surface area contributed by atoms with Crippen molar-refractivity contribution in [3.8, 4) is 0 Å². The Morgan fingerprint density at radius 3 is 2.88 bits per heavy atom. The smallest absolute Gasteiger partial charge is 0.0608 e. The highest BCUT2D eigenvalue weighted by atomic mass is 79.9. The van der Waals surface area contributed by atoms with Crippen molar-refractivity contribution in [2.45, 2.75) is 6.54 Å². The number of rotatable bonds is 3. The molecule has 1 aliphatic rings. The highest BCUT2D eigenvalue weighted by molar-refractivity contribution is 9.10. The summed E-state index contributed by atoms with van der Waals surface area (Å²) in [6.45, 7) is 4.23. The largest absolute Gasteiger partial charge is 0.379 e. The highest BCUT2D eigenvalue weighted by Crippen LogP contribution is 2.21. The van der Waals surface area contributed by atoms with Gasteiger partial charge in [-0.3, -0.25) is 5.43 Å². The minimum absolute atomic E-state index is 0.766. The van der Waals surface area contributed by atoms with Gasteiger partial charge in [0.25, 0.3) is 0 Å². The molecule has 1 heterocycles. The van der Waals surface area contributed by atoms with E-state index >= 15 is 0 Å². The molecule has 0 saturated carbocycles. The maximum absolute atomic E-state index is 5.96. The first-order valence-corrected chi connectivity index (χ1v) is 6.43. The molecule has 0 bridgehead atoms. The standard InChI is InChI=1S/C11H14BrClN2O/c12-11-2-1-10(13)7-9(11)8-14-15-3-5-16-6-4-15/h1-2,7,14H,3-6,8H2. The van der Waals surface area contributed by atoms with Crippen molar-refractivity contribution in [3.05, 3.63) is 33.3 Å². The topological polar surface area (TPSA) is 24.5 Å². The number of hydrazine groups is 1. The van der Waals surface area contributed by atoms with Gasteiger partial charge in [0.15, 0.2) is 0 Å². The second-order valence-corrected chi connectivity index (χ2v) is 4.96. The number of hydrogen-bond acceptors (Lipinski definition) is 3. The van der Waals surface area contributed by atoms with E-state index in [2.05, 4.69) is 26.4 Å². The van der Waals surface area contributed by atoms with Crippen LogP contribution < -0.4 is 5.43 Å². The normalized spacial score (nSPS) is 17.6. The van der Waals surface area contributed by atoms with Gasteiger partial charge in [-0.1, -0.05) is 27.5 Å². The van der Waals surface area contributed by atoms with Gasteiger partial charge in [0.05, 0.1) is 13.2 Å². The fraction of sp³-hybridized carbons (Fsp3) is 0.455. The zero-order valence-electron chi connectivity index (χ0n) is 8.88. The van der Waals surface area contributed by atoms with Crippen LogP contribution in [-0.2, 0) is 11.3 Å². The third-order valence-corrected chi connectivity index (χ3v) is 3.52. The predicted molar refractivity (Wildman–Crippen MR) is 68.4 cm³/mol. The monoisotopic (exact) mass is 304 g/mol. The molecule has 1 aromatic carbocycles. The lowest BCUT2D eigenvalue weighted by Crippen LogP contribution is -2.45. The van der Waals surface area contributed by atoms with E-state index in [0.29, 0.717) is 0 Å². The zero-order valence-corrected chi connectivity index (χ0v) is 11.2. The fourth-order valence-corrected chi connectivity index (χ4v) is 2.18. The van der Waals surface area contributed by atoms with Gasteiger partial charge < -0.3 is 4.74 Å². The molecule has 1 saturated heterocycles. The van der Waals surface area contributed by atoms with Gasteiger partial charge in [-0.05, 0) is 23.8 Å². The summed E-state index contributed by atoms with van der Waals surface area (Å²) < 4.78 is 6.36. The number of hydrogen-bond donors (Lipinski definition) is 1. The maximum atomic E-state index is 5.96. The van der Waals surface area contributed by atoms with Crippen LogP contribution in [0.5, 0.6) is 0 Å². The molecular formula is C11H14BrClN2O. The fourth-order valence-electron chi connectivity index (χ4n) is 1.60. The van der Waals surface area contributed by atoms with E-state index in [9.17, 15) is 0 Å². The Morgan fingerprint density at radius 2 is 2.12 bits per heavy atom. The molecular weight excluding hydrogens is 291 g/mol. The van der Waals surface area contributed by atoms with Crippen molar-refractivity contribution in [1.82, 2.24) is 10.4 Å². The van der Waals surface area contributed by atoms with Gasteiger partial charge in [-0.2, -0.15) is 0 Å². The molecule has 1 N–H and O–H groups in total. The molecule has 88 valence electrons. The Hall–Kier alpha value is -0.130. The number of ether oxygens (including phenoxy) is 1. The van der Waals surface area contributed by atoms with E-state index in [1.165, 1.54) is 5.56 Å². The molecule has 1 aromatic rings. The van der Waals surface area contributed by atoms with Crippen molar-refractivity contribution >= 4 is 27.5 Å². The minimum atomic E-state index is 0.766. The molecule has 0 spiro atoms. The van der Waals surface area contributed by atoms with Gasteiger partial charge in [0.1, 0.15) is 0 Å². The molecule has 16 heavy (non-hydrogen) atoms. The number of morpholine rings is 1. The summed E-state index contributed by atoms with van der Waals surface area (Å²) in [5.74, 6) is 0. The van der Waals surface area contributed by atoms with Crippen LogP contribution in [0.25, 0.3) is 0 Å². The molecule has 2 rings (SSSR count). The van der Waals surface area contributed by atoms with Gasteiger partial charge in [-0.15, -0.1) is 0 Å². The minimum Gasteiger partial charge on any atom is -0.379 e. The van der Waals surface area contributed by atoms with Crippen LogP contribution in [-0.4, -0.2) is 31.3 Å². The molecule has 0 aliphatic carbocycles.